The van der Waals surface area contributed by atoms with Gasteiger partial charge in [-0.05, 0) is 12.1 Å². The second kappa shape index (κ2) is 6.38. The first-order valence-electron chi connectivity index (χ1n) is 7.08. The number of hydrogen-bond acceptors (Lipinski definition) is 3. The Bertz CT molecular complexity index is 689. The zero-order valence-electron chi connectivity index (χ0n) is 11.8. The van der Waals surface area contributed by atoms with Gasteiger partial charge in [-0.3, -0.25) is 4.79 Å². The fourth-order valence-electron chi connectivity index (χ4n) is 2.56. The molecule has 5 heteroatoms. The molecule has 0 saturated carbocycles. The van der Waals surface area contributed by atoms with Gasteiger partial charge in [-0.15, -0.1) is 0 Å². The number of rotatable bonds is 4. The maximum atomic E-state index is 12.3. The summed E-state index contributed by atoms with van der Waals surface area (Å²) in [6, 6.07) is 14.5. The van der Waals surface area contributed by atoms with Crippen molar-refractivity contribution in [3.63, 3.8) is 0 Å². The predicted octanol–water partition coefficient (Wildman–Crippen LogP) is 2.67. The van der Waals surface area contributed by atoms with Crippen LogP contribution >= 0.6 is 11.6 Å². The van der Waals surface area contributed by atoms with Crippen molar-refractivity contribution >= 4 is 17.5 Å². The van der Waals surface area contributed by atoms with Crippen LogP contribution in [0.5, 0.6) is 5.75 Å². The lowest BCUT2D eigenvalue weighted by atomic mass is 10.0. The number of carbonyl (C=O) groups is 1. The number of hydrogen-bond donors (Lipinski definition) is 2. The second-order valence-corrected chi connectivity index (χ2v) is 5.59. The zero-order chi connectivity index (χ0) is 15.5. The molecule has 0 bridgehead atoms. The third kappa shape index (κ3) is 2.93. The van der Waals surface area contributed by atoms with E-state index in [2.05, 4.69) is 5.32 Å². The van der Waals surface area contributed by atoms with Crippen molar-refractivity contribution in [3.05, 3.63) is 64.7 Å². The van der Waals surface area contributed by atoms with E-state index >= 15 is 0 Å². The molecule has 3 rings (SSSR count). The average molecular weight is 318 g/mol. The van der Waals surface area contributed by atoms with Crippen LogP contribution in [0.4, 0.5) is 0 Å². The normalized spacial score (nSPS) is 17.5. The molecule has 114 valence electrons. The molecule has 2 atom stereocenters. The number of aliphatic hydroxyl groups is 1. The second-order valence-electron chi connectivity index (χ2n) is 5.18. The number of benzene rings is 2. The van der Waals surface area contributed by atoms with E-state index in [1.807, 2.05) is 24.3 Å². The smallest absolute Gasteiger partial charge is 0.231 e. The molecule has 1 amide bonds. The van der Waals surface area contributed by atoms with E-state index in [1.165, 1.54) is 0 Å². The highest BCUT2D eigenvalue weighted by Crippen LogP contribution is 2.33. The third-order valence-electron chi connectivity index (χ3n) is 3.75. The Kier molecular flexibility index (Phi) is 4.32. The lowest BCUT2D eigenvalue weighted by molar-refractivity contribution is -0.123. The molecule has 4 nitrogen and oxygen atoms in total. The van der Waals surface area contributed by atoms with Crippen molar-refractivity contribution in [2.75, 3.05) is 13.2 Å². The Morgan fingerprint density at radius 1 is 1.27 bits per heavy atom. The number of ether oxygens (including phenoxy) is 1. The van der Waals surface area contributed by atoms with E-state index in [1.54, 1.807) is 24.3 Å². The molecular formula is C17H16ClNO3. The summed E-state index contributed by atoms with van der Waals surface area (Å²) in [6.07, 6.45) is -0.838. The molecule has 0 aromatic heterocycles. The summed E-state index contributed by atoms with van der Waals surface area (Å²) in [4.78, 5) is 12.3. The van der Waals surface area contributed by atoms with E-state index < -0.39 is 6.10 Å². The number of fused-ring (bicyclic) bond motifs is 1. The van der Waals surface area contributed by atoms with Gasteiger partial charge < -0.3 is 15.2 Å². The van der Waals surface area contributed by atoms with Crippen LogP contribution in [0.3, 0.4) is 0 Å². The highest BCUT2D eigenvalue weighted by molar-refractivity contribution is 6.31. The molecule has 0 aliphatic carbocycles. The number of amides is 1. The molecule has 0 spiro atoms. The Morgan fingerprint density at radius 3 is 2.82 bits per heavy atom. The van der Waals surface area contributed by atoms with E-state index in [0.29, 0.717) is 17.2 Å². The Balaban J connectivity index is 1.63. The minimum absolute atomic E-state index is 0.112. The first kappa shape index (κ1) is 14.9. The molecule has 2 N–H and O–H groups in total. The summed E-state index contributed by atoms with van der Waals surface area (Å²) in [5.41, 5.74) is 1.49. The van der Waals surface area contributed by atoms with Gasteiger partial charge in [0.1, 0.15) is 18.3 Å². The fourth-order valence-corrected chi connectivity index (χ4v) is 2.82. The highest BCUT2D eigenvalue weighted by Gasteiger charge is 2.30. The van der Waals surface area contributed by atoms with Crippen molar-refractivity contribution in [1.29, 1.82) is 0 Å². The van der Waals surface area contributed by atoms with Crippen molar-refractivity contribution in [2.24, 2.45) is 0 Å². The first-order chi connectivity index (χ1) is 10.7. The Labute approximate surface area is 133 Å². The number of nitrogens with one attached hydrogen (secondary N) is 1. The summed E-state index contributed by atoms with van der Waals surface area (Å²) in [7, 11) is 0. The molecule has 0 unspecified atom stereocenters. The van der Waals surface area contributed by atoms with Gasteiger partial charge in [0.05, 0.1) is 6.10 Å². The van der Waals surface area contributed by atoms with Gasteiger partial charge in [0.15, 0.2) is 0 Å². The molecule has 0 radical (unpaired) electrons. The lowest BCUT2D eigenvalue weighted by Crippen LogP contribution is -2.33. The lowest BCUT2D eigenvalue weighted by Gasteiger charge is -2.15. The average Bonchev–Trinajstić information content (AvgIpc) is 2.97. The van der Waals surface area contributed by atoms with Gasteiger partial charge in [-0.25, -0.2) is 0 Å². The van der Waals surface area contributed by atoms with Crippen molar-refractivity contribution in [1.82, 2.24) is 5.32 Å². The Morgan fingerprint density at radius 2 is 2.00 bits per heavy atom. The maximum Gasteiger partial charge on any atom is 0.231 e. The molecule has 1 aliphatic heterocycles. The number of aliphatic hydroxyl groups excluding tert-OH is 1. The van der Waals surface area contributed by atoms with Gasteiger partial charge in [0.25, 0.3) is 0 Å². The molecule has 1 heterocycles. The van der Waals surface area contributed by atoms with Crippen LogP contribution in [0.25, 0.3) is 0 Å². The van der Waals surface area contributed by atoms with Gasteiger partial charge >= 0.3 is 0 Å². The van der Waals surface area contributed by atoms with Gasteiger partial charge in [-0.1, -0.05) is 48.0 Å². The topological polar surface area (TPSA) is 58.6 Å². The van der Waals surface area contributed by atoms with Crippen molar-refractivity contribution in [2.45, 2.75) is 12.0 Å². The molecule has 2 aromatic rings. The van der Waals surface area contributed by atoms with E-state index in [0.717, 1.165) is 11.3 Å². The quantitative estimate of drug-likeness (QED) is 0.911. The van der Waals surface area contributed by atoms with E-state index in [-0.39, 0.29) is 18.4 Å². The molecule has 0 fully saturated rings. The molecule has 1 aliphatic rings. The van der Waals surface area contributed by atoms with Crippen LogP contribution in [0.1, 0.15) is 23.1 Å². The molecular weight excluding hydrogens is 302 g/mol. The van der Waals surface area contributed by atoms with Gasteiger partial charge in [0, 0.05) is 22.7 Å². The van der Waals surface area contributed by atoms with Crippen LogP contribution in [-0.4, -0.2) is 24.2 Å². The van der Waals surface area contributed by atoms with Gasteiger partial charge in [0.2, 0.25) is 5.91 Å². The zero-order valence-corrected chi connectivity index (χ0v) is 12.6. The monoisotopic (exact) mass is 317 g/mol. The number of para-hydroxylation sites is 1. The van der Waals surface area contributed by atoms with Crippen LogP contribution in [0.2, 0.25) is 5.02 Å². The molecule has 22 heavy (non-hydrogen) atoms. The Hall–Kier alpha value is -2.04. The number of halogens is 1. The van der Waals surface area contributed by atoms with Crippen LogP contribution in [-0.2, 0) is 4.79 Å². The third-order valence-corrected chi connectivity index (χ3v) is 4.09. The predicted molar refractivity (Wildman–Crippen MR) is 84.1 cm³/mol. The first-order valence-corrected chi connectivity index (χ1v) is 7.46. The SMILES string of the molecule is O=C(NC[C@@H](O)c1ccccc1Cl)[C@H]1COc2ccccc21. The van der Waals surface area contributed by atoms with Crippen LogP contribution in [0, 0.1) is 0 Å². The van der Waals surface area contributed by atoms with E-state index in [9.17, 15) is 9.90 Å². The summed E-state index contributed by atoms with van der Waals surface area (Å²) < 4.78 is 5.50. The summed E-state index contributed by atoms with van der Waals surface area (Å²) in [6.45, 7) is 0.439. The van der Waals surface area contributed by atoms with Crippen molar-refractivity contribution in [3.8, 4) is 5.75 Å². The highest BCUT2D eigenvalue weighted by atomic mass is 35.5. The van der Waals surface area contributed by atoms with Crippen LogP contribution in [0.15, 0.2) is 48.5 Å². The fraction of sp³-hybridized carbons (Fsp3) is 0.235. The van der Waals surface area contributed by atoms with E-state index in [4.69, 9.17) is 16.3 Å². The minimum atomic E-state index is -0.838. The standard InChI is InChI=1S/C17H16ClNO3/c18-14-7-3-1-6-12(14)15(20)9-19-17(21)13-10-22-16-8-4-2-5-11(13)16/h1-8,13,15,20H,9-10H2,(H,19,21)/t13-,15+/m0/s1. The molecule has 0 saturated heterocycles. The van der Waals surface area contributed by atoms with Crippen molar-refractivity contribution < 1.29 is 14.6 Å². The summed E-state index contributed by atoms with van der Waals surface area (Å²) >= 11 is 6.04. The maximum absolute atomic E-state index is 12.3. The number of carbonyl (C=O) groups excluding carboxylic acids is 1. The minimum Gasteiger partial charge on any atom is -0.492 e. The van der Waals surface area contributed by atoms with Gasteiger partial charge in [-0.2, -0.15) is 0 Å². The summed E-state index contributed by atoms with van der Waals surface area (Å²) in [5.74, 6) is 0.250. The van der Waals surface area contributed by atoms with Crippen LogP contribution < -0.4 is 10.1 Å². The largest absolute Gasteiger partial charge is 0.492 e. The molecule has 2 aromatic carbocycles. The summed E-state index contributed by atoms with van der Waals surface area (Å²) in [5, 5.41) is 13.4.